The Balaban J connectivity index is 2.16. The average Bonchev–Trinajstić information content (AvgIpc) is 2.46. The maximum absolute atomic E-state index is 6.02. The quantitative estimate of drug-likeness (QED) is 0.846. The summed E-state index contributed by atoms with van der Waals surface area (Å²) in [6, 6.07) is 7.23. The molecule has 1 heterocycles. The van der Waals surface area contributed by atoms with Crippen LogP contribution in [-0.4, -0.2) is 23.6 Å². The highest BCUT2D eigenvalue weighted by molar-refractivity contribution is 6.31. The van der Waals surface area contributed by atoms with E-state index in [1.165, 1.54) is 6.33 Å². The van der Waals surface area contributed by atoms with Crippen molar-refractivity contribution < 1.29 is 4.74 Å². The van der Waals surface area contributed by atoms with Crippen molar-refractivity contribution in [2.75, 3.05) is 24.3 Å². The van der Waals surface area contributed by atoms with Crippen molar-refractivity contribution in [3.05, 3.63) is 35.6 Å². The third-order valence-corrected chi connectivity index (χ3v) is 3.02. The molecule has 1 aromatic heterocycles. The number of ether oxygens (including phenoxy) is 1. The van der Waals surface area contributed by atoms with Crippen LogP contribution in [0.5, 0.6) is 5.75 Å². The van der Waals surface area contributed by atoms with Gasteiger partial charge in [0.25, 0.3) is 0 Å². The van der Waals surface area contributed by atoms with Crippen LogP contribution in [0.2, 0.25) is 5.02 Å². The molecule has 0 fully saturated rings. The number of hydrogen-bond acceptors (Lipinski definition) is 5. The fourth-order valence-corrected chi connectivity index (χ4v) is 1.92. The molecule has 6 heteroatoms. The molecular weight excluding hydrogens is 288 g/mol. The van der Waals surface area contributed by atoms with Gasteiger partial charge in [-0.1, -0.05) is 25.4 Å². The molecule has 2 aromatic rings. The van der Waals surface area contributed by atoms with Gasteiger partial charge in [-0.05, 0) is 24.1 Å². The number of nitrogens with zero attached hydrogens (tertiary/aromatic N) is 2. The number of methoxy groups -OCH3 is 1. The zero-order valence-electron chi connectivity index (χ0n) is 12.4. The second-order valence-corrected chi connectivity index (χ2v) is 5.47. The third-order valence-electron chi connectivity index (χ3n) is 2.78. The van der Waals surface area contributed by atoms with Crippen LogP contribution in [0.4, 0.5) is 17.3 Å². The van der Waals surface area contributed by atoms with E-state index in [0.29, 0.717) is 22.5 Å². The minimum absolute atomic E-state index is 0.546. The van der Waals surface area contributed by atoms with Crippen LogP contribution >= 0.6 is 11.6 Å². The SMILES string of the molecule is COc1ccc(Cl)cc1Nc1cc(NCC(C)C)ncn1. The molecular formula is C15H19ClN4O. The molecule has 112 valence electrons. The van der Waals surface area contributed by atoms with Crippen molar-refractivity contribution >= 4 is 28.9 Å². The summed E-state index contributed by atoms with van der Waals surface area (Å²) >= 11 is 6.02. The molecule has 21 heavy (non-hydrogen) atoms. The van der Waals surface area contributed by atoms with Crippen molar-refractivity contribution in [1.29, 1.82) is 0 Å². The summed E-state index contributed by atoms with van der Waals surface area (Å²) in [6.07, 6.45) is 1.52. The number of halogens is 1. The molecule has 2 rings (SSSR count). The number of hydrogen-bond donors (Lipinski definition) is 2. The Bertz CT molecular complexity index is 604. The molecule has 1 aromatic carbocycles. The van der Waals surface area contributed by atoms with Gasteiger partial charge in [0, 0.05) is 17.6 Å². The van der Waals surface area contributed by atoms with Gasteiger partial charge in [-0.2, -0.15) is 0 Å². The highest BCUT2D eigenvalue weighted by Crippen LogP contribution is 2.30. The van der Waals surface area contributed by atoms with Gasteiger partial charge in [0.2, 0.25) is 0 Å². The van der Waals surface area contributed by atoms with E-state index in [1.54, 1.807) is 19.2 Å². The standard InChI is InChI=1S/C15H19ClN4O/c1-10(2)8-17-14-7-15(19-9-18-14)20-12-6-11(16)4-5-13(12)21-3/h4-7,9-10H,8H2,1-3H3,(H2,17,18,19,20). The first-order valence-electron chi connectivity index (χ1n) is 6.75. The van der Waals surface area contributed by atoms with E-state index < -0.39 is 0 Å². The lowest BCUT2D eigenvalue weighted by Crippen LogP contribution is -2.09. The van der Waals surface area contributed by atoms with E-state index in [1.807, 2.05) is 12.1 Å². The Labute approximate surface area is 129 Å². The average molecular weight is 307 g/mol. The Morgan fingerprint density at radius 1 is 1.19 bits per heavy atom. The van der Waals surface area contributed by atoms with Crippen molar-refractivity contribution in [2.45, 2.75) is 13.8 Å². The number of benzene rings is 1. The fraction of sp³-hybridized carbons (Fsp3) is 0.333. The van der Waals surface area contributed by atoms with Crippen LogP contribution in [0.25, 0.3) is 0 Å². The minimum atomic E-state index is 0.546. The van der Waals surface area contributed by atoms with Gasteiger partial charge in [0.1, 0.15) is 23.7 Å². The van der Waals surface area contributed by atoms with E-state index in [4.69, 9.17) is 16.3 Å². The molecule has 0 aliphatic heterocycles. The van der Waals surface area contributed by atoms with Crippen molar-refractivity contribution in [3.8, 4) is 5.75 Å². The van der Waals surface area contributed by atoms with Gasteiger partial charge in [-0.25, -0.2) is 9.97 Å². The van der Waals surface area contributed by atoms with Gasteiger partial charge in [-0.3, -0.25) is 0 Å². The molecule has 0 saturated heterocycles. The highest BCUT2D eigenvalue weighted by atomic mass is 35.5. The highest BCUT2D eigenvalue weighted by Gasteiger charge is 2.06. The van der Waals surface area contributed by atoms with Crippen molar-refractivity contribution in [1.82, 2.24) is 9.97 Å². The first-order chi connectivity index (χ1) is 10.1. The summed E-state index contributed by atoms with van der Waals surface area (Å²) in [4.78, 5) is 8.40. The van der Waals surface area contributed by atoms with E-state index in [-0.39, 0.29) is 0 Å². The Morgan fingerprint density at radius 2 is 1.95 bits per heavy atom. The Hall–Kier alpha value is -2.01. The zero-order chi connectivity index (χ0) is 15.2. The number of rotatable bonds is 6. The first-order valence-corrected chi connectivity index (χ1v) is 7.12. The van der Waals surface area contributed by atoms with E-state index >= 15 is 0 Å². The van der Waals surface area contributed by atoms with E-state index in [0.717, 1.165) is 18.1 Å². The maximum Gasteiger partial charge on any atom is 0.142 e. The van der Waals surface area contributed by atoms with Crippen molar-refractivity contribution in [2.24, 2.45) is 5.92 Å². The summed E-state index contributed by atoms with van der Waals surface area (Å²) in [5.74, 6) is 2.71. The Kier molecular flexibility index (Phi) is 5.22. The summed E-state index contributed by atoms with van der Waals surface area (Å²) in [7, 11) is 1.62. The van der Waals surface area contributed by atoms with Crippen LogP contribution in [0.15, 0.2) is 30.6 Å². The van der Waals surface area contributed by atoms with Gasteiger partial charge in [0.15, 0.2) is 0 Å². The molecule has 2 N–H and O–H groups in total. The molecule has 0 saturated carbocycles. The molecule has 0 aliphatic carbocycles. The molecule has 0 unspecified atom stereocenters. The summed E-state index contributed by atoms with van der Waals surface area (Å²) in [6.45, 7) is 5.14. The van der Waals surface area contributed by atoms with Crippen molar-refractivity contribution in [3.63, 3.8) is 0 Å². The molecule has 0 radical (unpaired) electrons. The number of nitrogens with one attached hydrogen (secondary N) is 2. The normalized spacial score (nSPS) is 10.5. The van der Waals surface area contributed by atoms with Gasteiger partial charge < -0.3 is 15.4 Å². The maximum atomic E-state index is 6.02. The van der Waals surface area contributed by atoms with Crippen LogP contribution in [0, 0.1) is 5.92 Å². The molecule has 5 nitrogen and oxygen atoms in total. The summed E-state index contributed by atoms with van der Waals surface area (Å²) in [5, 5.41) is 7.08. The predicted molar refractivity (Wildman–Crippen MR) is 86.6 cm³/mol. The van der Waals surface area contributed by atoms with Crippen LogP contribution in [0.3, 0.4) is 0 Å². The summed E-state index contributed by atoms with van der Waals surface area (Å²) in [5.41, 5.74) is 0.763. The minimum Gasteiger partial charge on any atom is -0.495 e. The number of aromatic nitrogens is 2. The van der Waals surface area contributed by atoms with E-state index in [2.05, 4.69) is 34.4 Å². The smallest absolute Gasteiger partial charge is 0.142 e. The first kappa shape index (κ1) is 15.4. The second-order valence-electron chi connectivity index (χ2n) is 5.03. The summed E-state index contributed by atoms with van der Waals surface area (Å²) < 4.78 is 5.30. The molecule has 0 amide bonds. The molecule has 0 aliphatic rings. The third kappa shape index (κ3) is 4.49. The van der Waals surface area contributed by atoms with E-state index in [9.17, 15) is 0 Å². The van der Waals surface area contributed by atoms with Crippen LogP contribution in [-0.2, 0) is 0 Å². The van der Waals surface area contributed by atoms with Gasteiger partial charge in [-0.15, -0.1) is 0 Å². The second kappa shape index (κ2) is 7.13. The molecule has 0 spiro atoms. The van der Waals surface area contributed by atoms with Gasteiger partial charge >= 0.3 is 0 Å². The van der Waals surface area contributed by atoms with Gasteiger partial charge in [0.05, 0.1) is 12.8 Å². The van der Waals surface area contributed by atoms with Crippen LogP contribution < -0.4 is 15.4 Å². The lowest BCUT2D eigenvalue weighted by Gasteiger charge is -2.12. The lowest BCUT2D eigenvalue weighted by molar-refractivity contribution is 0.417. The molecule has 0 bridgehead atoms. The Morgan fingerprint density at radius 3 is 2.67 bits per heavy atom. The number of anilines is 3. The van der Waals surface area contributed by atoms with Crippen LogP contribution in [0.1, 0.15) is 13.8 Å². The topological polar surface area (TPSA) is 59.1 Å². The predicted octanol–water partition coefficient (Wildman–Crippen LogP) is 3.95. The zero-order valence-corrected chi connectivity index (χ0v) is 13.1. The monoisotopic (exact) mass is 306 g/mol. The lowest BCUT2D eigenvalue weighted by atomic mass is 10.2. The molecule has 0 atom stereocenters. The largest absolute Gasteiger partial charge is 0.495 e. The fourth-order valence-electron chi connectivity index (χ4n) is 1.75.